The lowest BCUT2D eigenvalue weighted by Gasteiger charge is -2.06. The molecule has 0 atom stereocenters. The van der Waals surface area contributed by atoms with Gasteiger partial charge in [-0.3, -0.25) is 4.98 Å². The van der Waals surface area contributed by atoms with Gasteiger partial charge in [0.2, 0.25) is 0 Å². The molecule has 0 saturated carbocycles. The van der Waals surface area contributed by atoms with Crippen molar-refractivity contribution in [3.63, 3.8) is 0 Å². The molecule has 0 aliphatic carbocycles. The molecule has 0 aliphatic rings. The number of pyridine rings is 1. The first-order valence-electron chi connectivity index (χ1n) is 6.40. The molecule has 1 aromatic heterocycles. The highest BCUT2D eigenvalue weighted by atomic mass is 127. The summed E-state index contributed by atoms with van der Waals surface area (Å²) in [7, 11) is 0. The summed E-state index contributed by atoms with van der Waals surface area (Å²) < 4.78 is 1.05. The summed E-state index contributed by atoms with van der Waals surface area (Å²) in [5, 5.41) is 2.68. The number of aryl methyl sites for hydroxylation is 2. The Balaban J connectivity index is 1.84. The average Bonchev–Trinajstić information content (AvgIpc) is 2.47. The van der Waals surface area contributed by atoms with Gasteiger partial charge >= 0.3 is 0 Å². The van der Waals surface area contributed by atoms with E-state index in [1.54, 1.807) is 0 Å². The van der Waals surface area contributed by atoms with E-state index < -0.39 is 0 Å². The Hall–Kier alpha value is -1.42. The highest BCUT2D eigenvalue weighted by Crippen LogP contribution is 2.20. The third-order valence-electron chi connectivity index (χ3n) is 3.35. The van der Waals surface area contributed by atoms with Gasteiger partial charge in [-0.25, -0.2) is 0 Å². The van der Waals surface area contributed by atoms with Crippen molar-refractivity contribution in [3.8, 4) is 0 Å². The molecule has 19 heavy (non-hydrogen) atoms. The van der Waals surface area contributed by atoms with Gasteiger partial charge in [-0.15, -0.1) is 0 Å². The van der Waals surface area contributed by atoms with Crippen molar-refractivity contribution in [1.82, 2.24) is 4.98 Å². The van der Waals surface area contributed by atoms with E-state index in [1.165, 1.54) is 21.9 Å². The summed E-state index contributed by atoms with van der Waals surface area (Å²) in [6.07, 6.45) is 4.08. The van der Waals surface area contributed by atoms with Gasteiger partial charge in [0.1, 0.15) is 3.70 Å². The highest BCUT2D eigenvalue weighted by Gasteiger charge is 2.01. The van der Waals surface area contributed by atoms with Crippen LogP contribution in [0.5, 0.6) is 0 Å². The minimum atomic E-state index is 1.04. The SMILES string of the molecule is Ic1ccc(CCc2cccc3ccccc23)cn1. The monoisotopic (exact) mass is 359 g/mol. The number of rotatable bonds is 3. The van der Waals surface area contributed by atoms with E-state index in [1.807, 2.05) is 6.20 Å². The second-order valence-corrected chi connectivity index (χ2v) is 5.73. The maximum Gasteiger partial charge on any atom is 0.101 e. The number of fused-ring (bicyclic) bond motifs is 1. The van der Waals surface area contributed by atoms with Crippen molar-refractivity contribution in [1.29, 1.82) is 0 Å². The third-order valence-corrected chi connectivity index (χ3v) is 3.99. The van der Waals surface area contributed by atoms with Crippen LogP contribution in [0.15, 0.2) is 60.8 Å². The number of nitrogens with zero attached hydrogens (tertiary/aromatic N) is 1. The van der Waals surface area contributed by atoms with Crippen LogP contribution in [-0.2, 0) is 12.8 Å². The fraction of sp³-hybridized carbons (Fsp3) is 0.118. The fourth-order valence-corrected chi connectivity index (χ4v) is 2.66. The van der Waals surface area contributed by atoms with Gasteiger partial charge < -0.3 is 0 Å². The first-order valence-corrected chi connectivity index (χ1v) is 7.48. The Bertz CT molecular complexity index is 684. The van der Waals surface area contributed by atoms with Crippen LogP contribution < -0.4 is 0 Å². The molecule has 0 radical (unpaired) electrons. The van der Waals surface area contributed by atoms with Gasteiger partial charge in [0.05, 0.1) is 0 Å². The Kier molecular flexibility index (Phi) is 3.78. The molecule has 0 N–H and O–H groups in total. The van der Waals surface area contributed by atoms with Gasteiger partial charge in [0.15, 0.2) is 0 Å². The van der Waals surface area contributed by atoms with E-state index in [2.05, 4.69) is 82.2 Å². The molecule has 2 aromatic carbocycles. The molecule has 0 aliphatic heterocycles. The van der Waals surface area contributed by atoms with Gasteiger partial charge in [0, 0.05) is 6.20 Å². The van der Waals surface area contributed by atoms with Crippen molar-refractivity contribution < 1.29 is 0 Å². The third kappa shape index (κ3) is 2.95. The summed E-state index contributed by atoms with van der Waals surface area (Å²) in [4.78, 5) is 4.34. The molecule has 0 saturated heterocycles. The Morgan fingerprint density at radius 1 is 0.842 bits per heavy atom. The largest absolute Gasteiger partial charge is 0.250 e. The molecule has 0 spiro atoms. The van der Waals surface area contributed by atoms with Crippen molar-refractivity contribution in [2.24, 2.45) is 0 Å². The second-order valence-electron chi connectivity index (χ2n) is 4.63. The Morgan fingerprint density at radius 2 is 1.68 bits per heavy atom. The summed E-state index contributed by atoms with van der Waals surface area (Å²) >= 11 is 2.24. The van der Waals surface area contributed by atoms with E-state index in [4.69, 9.17) is 0 Å². The van der Waals surface area contributed by atoms with Crippen molar-refractivity contribution >= 4 is 33.4 Å². The molecule has 0 amide bonds. The van der Waals surface area contributed by atoms with Crippen LogP contribution in [-0.4, -0.2) is 4.98 Å². The summed E-state index contributed by atoms with van der Waals surface area (Å²) in [5.41, 5.74) is 2.71. The molecule has 0 bridgehead atoms. The first kappa shape index (κ1) is 12.6. The number of halogens is 1. The zero-order chi connectivity index (χ0) is 13.1. The van der Waals surface area contributed by atoms with Crippen LogP contribution in [0.2, 0.25) is 0 Å². The lowest BCUT2D eigenvalue weighted by Crippen LogP contribution is -1.94. The fourth-order valence-electron chi connectivity index (χ4n) is 2.34. The number of benzene rings is 2. The molecule has 3 aromatic rings. The lowest BCUT2D eigenvalue weighted by molar-refractivity contribution is 0.955. The van der Waals surface area contributed by atoms with Crippen LogP contribution in [0.25, 0.3) is 10.8 Å². The van der Waals surface area contributed by atoms with E-state index in [0.717, 1.165) is 16.5 Å². The Morgan fingerprint density at radius 3 is 2.53 bits per heavy atom. The molecule has 94 valence electrons. The van der Waals surface area contributed by atoms with Gasteiger partial charge in [-0.2, -0.15) is 0 Å². The van der Waals surface area contributed by atoms with Crippen LogP contribution in [0, 0.1) is 3.70 Å². The molecule has 1 nitrogen and oxygen atoms in total. The highest BCUT2D eigenvalue weighted by molar-refractivity contribution is 14.1. The van der Waals surface area contributed by atoms with E-state index >= 15 is 0 Å². The summed E-state index contributed by atoms with van der Waals surface area (Å²) in [6, 6.07) is 19.4. The van der Waals surface area contributed by atoms with Crippen molar-refractivity contribution in [2.75, 3.05) is 0 Å². The molecule has 3 rings (SSSR count). The first-order chi connectivity index (χ1) is 9.33. The zero-order valence-corrected chi connectivity index (χ0v) is 12.7. The smallest absolute Gasteiger partial charge is 0.101 e. The van der Waals surface area contributed by atoms with Gasteiger partial charge in [0.25, 0.3) is 0 Å². The topological polar surface area (TPSA) is 12.9 Å². The van der Waals surface area contributed by atoms with Crippen LogP contribution in [0.1, 0.15) is 11.1 Å². The molecule has 0 unspecified atom stereocenters. The maximum atomic E-state index is 4.34. The number of hydrogen-bond acceptors (Lipinski definition) is 1. The summed E-state index contributed by atoms with van der Waals surface area (Å²) in [6.45, 7) is 0. The minimum absolute atomic E-state index is 1.04. The predicted octanol–water partition coefficient (Wildman–Crippen LogP) is 4.62. The molecule has 2 heteroatoms. The van der Waals surface area contributed by atoms with Crippen molar-refractivity contribution in [2.45, 2.75) is 12.8 Å². The molecule has 1 heterocycles. The minimum Gasteiger partial charge on any atom is -0.250 e. The standard InChI is InChI=1S/C17H14IN/c18-17-11-9-13(12-19-17)8-10-15-6-3-5-14-4-1-2-7-16(14)15/h1-7,9,11-12H,8,10H2. The van der Waals surface area contributed by atoms with Crippen LogP contribution in [0.3, 0.4) is 0 Å². The second kappa shape index (κ2) is 5.70. The normalized spacial score (nSPS) is 10.8. The lowest BCUT2D eigenvalue weighted by atomic mass is 9.99. The van der Waals surface area contributed by atoms with Crippen molar-refractivity contribution in [3.05, 3.63) is 75.6 Å². The van der Waals surface area contributed by atoms with Gasteiger partial charge in [-0.1, -0.05) is 48.5 Å². The number of aromatic nitrogens is 1. The van der Waals surface area contributed by atoms with Gasteiger partial charge in [-0.05, 0) is 63.4 Å². The molecular weight excluding hydrogens is 345 g/mol. The summed E-state index contributed by atoms with van der Waals surface area (Å²) in [5.74, 6) is 0. The quantitative estimate of drug-likeness (QED) is 0.491. The molecule has 0 fully saturated rings. The zero-order valence-electron chi connectivity index (χ0n) is 10.5. The van der Waals surface area contributed by atoms with E-state index in [-0.39, 0.29) is 0 Å². The maximum absolute atomic E-state index is 4.34. The van der Waals surface area contributed by atoms with Crippen LogP contribution in [0.4, 0.5) is 0 Å². The number of hydrogen-bond donors (Lipinski definition) is 0. The predicted molar refractivity (Wildman–Crippen MR) is 88.3 cm³/mol. The Labute approximate surface area is 126 Å². The molecular formula is C17H14IN. The van der Waals surface area contributed by atoms with E-state index in [9.17, 15) is 0 Å². The van der Waals surface area contributed by atoms with Crippen LogP contribution >= 0.6 is 22.6 Å². The average molecular weight is 359 g/mol. The van der Waals surface area contributed by atoms with E-state index in [0.29, 0.717) is 0 Å².